The molecule has 3 rings (SSSR count). The first-order chi connectivity index (χ1) is 8.49. The predicted octanol–water partition coefficient (Wildman–Crippen LogP) is 0.120. The molecule has 0 spiro atoms. The van der Waals surface area contributed by atoms with Crippen molar-refractivity contribution in [3.63, 3.8) is 0 Å². The Labute approximate surface area is 103 Å². The van der Waals surface area contributed by atoms with Gasteiger partial charge in [-0.15, -0.1) is 0 Å². The van der Waals surface area contributed by atoms with Crippen molar-refractivity contribution in [2.75, 3.05) is 0 Å². The van der Waals surface area contributed by atoms with Crippen molar-refractivity contribution in [3.8, 4) is 0 Å². The minimum Gasteiger partial charge on any atom is -0.481 e. The summed E-state index contributed by atoms with van der Waals surface area (Å²) in [5.74, 6) is -2.59. The number of carboxylic acid groups (broad SMARTS) is 1. The van der Waals surface area contributed by atoms with Gasteiger partial charge in [0.25, 0.3) is 0 Å². The van der Waals surface area contributed by atoms with Crippen LogP contribution >= 0.6 is 0 Å². The second-order valence-corrected chi connectivity index (χ2v) is 5.10. The standard InChI is InChI=1S/C12H12O6/c1-2-7(13)17-9-8-5-3-12(9,11(15)16)4-6(5)10(14)18-8/h2,5-6,8-9H,1,3-4H2,(H,15,16). The number of fused-ring (bicyclic) bond motifs is 1. The number of hydrogen-bond acceptors (Lipinski definition) is 5. The van der Waals surface area contributed by atoms with Gasteiger partial charge in [0.1, 0.15) is 11.5 Å². The molecule has 96 valence electrons. The van der Waals surface area contributed by atoms with Gasteiger partial charge in [-0.2, -0.15) is 0 Å². The summed E-state index contributed by atoms with van der Waals surface area (Å²) >= 11 is 0. The molecule has 18 heavy (non-hydrogen) atoms. The Morgan fingerprint density at radius 3 is 2.83 bits per heavy atom. The van der Waals surface area contributed by atoms with Crippen LogP contribution in [0.2, 0.25) is 0 Å². The number of carboxylic acids is 1. The summed E-state index contributed by atoms with van der Waals surface area (Å²) in [7, 11) is 0. The van der Waals surface area contributed by atoms with Crippen LogP contribution < -0.4 is 0 Å². The average Bonchev–Trinajstić information content (AvgIpc) is 2.90. The second kappa shape index (κ2) is 3.34. The molecule has 1 saturated heterocycles. The maximum absolute atomic E-state index is 11.6. The molecule has 0 aromatic rings. The minimum absolute atomic E-state index is 0.142. The SMILES string of the molecule is C=CC(=O)OC1C2OC(=O)C3CC1(C(=O)O)CC32. The second-order valence-electron chi connectivity index (χ2n) is 5.10. The number of hydrogen-bond donors (Lipinski definition) is 1. The Morgan fingerprint density at radius 2 is 2.22 bits per heavy atom. The van der Waals surface area contributed by atoms with Crippen molar-refractivity contribution in [2.24, 2.45) is 17.3 Å². The Hall–Kier alpha value is -1.85. The maximum Gasteiger partial charge on any atom is 0.330 e. The van der Waals surface area contributed by atoms with E-state index in [1.165, 1.54) is 0 Å². The largest absolute Gasteiger partial charge is 0.481 e. The molecule has 1 heterocycles. The Morgan fingerprint density at radius 1 is 1.50 bits per heavy atom. The molecule has 0 aromatic carbocycles. The first-order valence-electron chi connectivity index (χ1n) is 5.76. The number of esters is 2. The first kappa shape index (κ1) is 11.3. The third-order valence-corrected chi connectivity index (χ3v) is 4.36. The summed E-state index contributed by atoms with van der Waals surface area (Å²) in [4.78, 5) is 34.4. The number of carbonyl (C=O) groups is 3. The maximum atomic E-state index is 11.6. The fourth-order valence-electron chi connectivity index (χ4n) is 3.58. The van der Waals surface area contributed by atoms with Crippen LogP contribution in [0.4, 0.5) is 0 Å². The molecule has 0 aromatic heterocycles. The first-order valence-corrected chi connectivity index (χ1v) is 5.76. The molecule has 1 aliphatic heterocycles. The van der Waals surface area contributed by atoms with E-state index in [-0.39, 0.29) is 24.2 Å². The molecular formula is C12H12O6. The fourth-order valence-corrected chi connectivity index (χ4v) is 3.58. The molecular weight excluding hydrogens is 240 g/mol. The van der Waals surface area contributed by atoms with Gasteiger partial charge in [0.15, 0.2) is 6.10 Å². The van der Waals surface area contributed by atoms with Crippen molar-refractivity contribution in [3.05, 3.63) is 12.7 Å². The zero-order valence-corrected chi connectivity index (χ0v) is 9.50. The molecule has 5 atom stereocenters. The molecule has 1 N–H and O–H groups in total. The molecule has 2 bridgehead atoms. The summed E-state index contributed by atoms with van der Waals surface area (Å²) in [6.07, 6.45) is -0.00410. The highest BCUT2D eigenvalue weighted by Gasteiger charge is 2.73. The lowest BCUT2D eigenvalue weighted by molar-refractivity contribution is -0.172. The molecule has 2 saturated carbocycles. The molecule has 5 unspecified atom stereocenters. The summed E-state index contributed by atoms with van der Waals surface area (Å²) in [6, 6.07) is 0. The van der Waals surface area contributed by atoms with Crippen molar-refractivity contribution < 1.29 is 29.0 Å². The van der Waals surface area contributed by atoms with Crippen LogP contribution in [0.15, 0.2) is 12.7 Å². The van der Waals surface area contributed by atoms with Crippen molar-refractivity contribution >= 4 is 17.9 Å². The smallest absolute Gasteiger partial charge is 0.330 e. The number of rotatable bonds is 3. The van der Waals surface area contributed by atoms with Crippen molar-refractivity contribution in [2.45, 2.75) is 25.0 Å². The zero-order valence-electron chi connectivity index (χ0n) is 9.50. The van der Waals surface area contributed by atoms with Crippen LogP contribution in [-0.2, 0) is 23.9 Å². The number of carbonyl (C=O) groups excluding carboxylic acids is 2. The van der Waals surface area contributed by atoms with Crippen LogP contribution in [0.1, 0.15) is 12.8 Å². The molecule has 6 heteroatoms. The summed E-state index contributed by atoms with van der Waals surface area (Å²) in [5.41, 5.74) is -1.18. The summed E-state index contributed by atoms with van der Waals surface area (Å²) < 4.78 is 10.3. The fraction of sp³-hybridized carbons (Fsp3) is 0.583. The van der Waals surface area contributed by atoms with E-state index in [9.17, 15) is 19.5 Å². The van der Waals surface area contributed by atoms with E-state index in [0.29, 0.717) is 6.42 Å². The van der Waals surface area contributed by atoms with E-state index in [2.05, 4.69) is 6.58 Å². The topological polar surface area (TPSA) is 89.9 Å². The highest BCUT2D eigenvalue weighted by molar-refractivity contribution is 5.86. The van der Waals surface area contributed by atoms with Crippen LogP contribution in [-0.4, -0.2) is 35.2 Å². The van der Waals surface area contributed by atoms with Gasteiger partial charge in [-0.25, -0.2) is 4.79 Å². The lowest BCUT2D eigenvalue weighted by Crippen LogP contribution is -2.46. The Kier molecular flexibility index (Phi) is 2.09. The van der Waals surface area contributed by atoms with Crippen LogP contribution in [0.5, 0.6) is 0 Å². The third-order valence-electron chi connectivity index (χ3n) is 4.36. The summed E-state index contributed by atoms with van der Waals surface area (Å²) in [5, 5.41) is 9.41. The quantitative estimate of drug-likeness (QED) is 0.566. The van der Waals surface area contributed by atoms with E-state index in [0.717, 1.165) is 6.08 Å². The van der Waals surface area contributed by atoms with Gasteiger partial charge < -0.3 is 14.6 Å². The Balaban J connectivity index is 1.97. The van der Waals surface area contributed by atoms with E-state index >= 15 is 0 Å². The van der Waals surface area contributed by atoms with Gasteiger partial charge >= 0.3 is 17.9 Å². The summed E-state index contributed by atoms with van der Waals surface area (Å²) in [6.45, 7) is 3.28. The highest BCUT2D eigenvalue weighted by Crippen LogP contribution is 2.62. The van der Waals surface area contributed by atoms with Crippen molar-refractivity contribution in [1.29, 1.82) is 0 Å². The van der Waals surface area contributed by atoms with Gasteiger partial charge in [-0.1, -0.05) is 6.58 Å². The minimum atomic E-state index is -1.18. The van der Waals surface area contributed by atoms with Crippen LogP contribution in [0.3, 0.4) is 0 Å². The molecule has 0 amide bonds. The molecule has 6 nitrogen and oxygen atoms in total. The molecule has 0 radical (unpaired) electrons. The molecule has 2 aliphatic carbocycles. The zero-order chi connectivity index (χ0) is 13.1. The Bertz CT molecular complexity index is 469. The molecule has 3 aliphatic rings. The number of ether oxygens (including phenoxy) is 2. The van der Waals surface area contributed by atoms with Gasteiger partial charge in [0, 0.05) is 12.0 Å². The van der Waals surface area contributed by atoms with Crippen LogP contribution in [0, 0.1) is 17.3 Å². The normalized spacial score (nSPS) is 43.7. The monoisotopic (exact) mass is 252 g/mol. The lowest BCUT2D eigenvalue weighted by Gasteiger charge is -2.31. The average molecular weight is 252 g/mol. The third kappa shape index (κ3) is 1.15. The predicted molar refractivity (Wildman–Crippen MR) is 56.2 cm³/mol. The van der Waals surface area contributed by atoms with Crippen molar-refractivity contribution in [1.82, 2.24) is 0 Å². The van der Waals surface area contributed by atoms with E-state index in [1.54, 1.807) is 0 Å². The van der Waals surface area contributed by atoms with Gasteiger partial charge in [-0.3, -0.25) is 9.59 Å². The highest BCUT2D eigenvalue weighted by atomic mass is 16.6. The van der Waals surface area contributed by atoms with Gasteiger partial charge in [0.05, 0.1) is 5.92 Å². The van der Waals surface area contributed by atoms with E-state index in [4.69, 9.17) is 9.47 Å². The van der Waals surface area contributed by atoms with Gasteiger partial charge in [0.2, 0.25) is 0 Å². The lowest BCUT2D eigenvalue weighted by atomic mass is 9.78. The molecule has 3 fully saturated rings. The van der Waals surface area contributed by atoms with Gasteiger partial charge in [-0.05, 0) is 12.8 Å². The van der Waals surface area contributed by atoms with Crippen LogP contribution in [0.25, 0.3) is 0 Å². The van der Waals surface area contributed by atoms with E-state index in [1.807, 2.05) is 0 Å². The number of aliphatic carboxylic acids is 1. The van der Waals surface area contributed by atoms with E-state index < -0.39 is 29.6 Å².